The highest BCUT2D eigenvalue weighted by molar-refractivity contribution is 6.06. The number of benzene rings is 3. The third-order valence-corrected chi connectivity index (χ3v) is 7.42. The predicted octanol–water partition coefficient (Wildman–Crippen LogP) is 7.48. The number of unbranched alkanes of at least 4 members (excludes halogenated alkanes) is 2. The number of rotatable bonds is 6. The zero-order chi connectivity index (χ0) is 25.1. The normalized spacial score (nSPS) is 19.3. The smallest absolute Gasteiger partial charge is 0.227 e. The molecule has 0 radical (unpaired) electrons. The van der Waals surface area contributed by atoms with Gasteiger partial charge in [0.2, 0.25) is 5.91 Å². The van der Waals surface area contributed by atoms with Crippen LogP contribution in [0.3, 0.4) is 0 Å². The van der Waals surface area contributed by atoms with Crippen LogP contribution in [0.2, 0.25) is 0 Å². The molecular weight excluding hydrogens is 444 g/mol. The number of fused-ring (bicyclic) bond motifs is 1. The number of nitrogens with zero attached hydrogens (tertiary/aromatic N) is 1. The van der Waals surface area contributed by atoms with Crippen LogP contribution in [0.15, 0.2) is 90.1 Å². The number of aryl methyl sites for hydroxylation is 1. The summed E-state index contributed by atoms with van der Waals surface area (Å²) in [5.41, 5.74) is 6.68. The second-order valence-corrected chi connectivity index (χ2v) is 10.0. The third-order valence-electron chi connectivity index (χ3n) is 7.42. The van der Waals surface area contributed by atoms with E-state index in [9.17, 15) is 9.59 Å². The molecule has 2 aliphatic rings. The van der Waals surface area contributed by atoms with Gasteiger partial charge in [-0.05, 0) is 48.9 Å². The van der Waals surface area contributed by atoms with E-state index in [-0.39, 0.29) is 17.6 Å². The molecule has 0 fully saturated rings. The zero-order valence-electron chi connectivity index (χ0n) is 21.2. The number of Topliss-reactive ketones (excluding diaryl/α,β-unsaturated/α-hetero) is 1. The Hall–Kier alpha value is -3.66. The molecule has 0 saturated carbocycles. The van der Waals surface area contributed by atoms with Gasteiger partial charge >= 0.3 is 0 Å². The van der Waals surface area contributed by atoms with Crippen LogP contribution in [-0.2, 0) is 9.59 Å². The summed E-state index contributed by atoms with van der Waals surface area (Å²) in [5.74, 6) is 0.292. The maximum atomic E-state index is 14.0. The standard InChI is InChI=1S/C32H34N2O2/c1-3-4-6-15-30(36)34-28-14-10-9-13-26(28)33-27-20-25(23-11-7-5-8-12-23)21-29(35)31(27)32(34)24-18-16-22(2)17-19-24/h5,7-14,16-19,25,32-33H,3-4,6,15,20-21H2,1-2H3/t25-,32-/m1/s1. The van der Waals surface area contributed by atoms with Gasteiger partial charge in [0, 0.05) is 24.1 Å². The molecule has 0 unspecified atom stereocenters. The van der Waals surface area contributed by atoms with Crippen molar-refractivity contribution >= 4 is 23.1 Å². The number of hydrogen-bond donors (Lipinski definition) is 1. The molecule has 36 heavy (non-hydrogen) atoms. The summed E-state index contributed by atoms with van der Waals surface area (Å²) in [7, 11) is 0. The second-order valence-electron chi connectivity index (χ2n) is 10.0. The average molecular weight is 479 g/mol. The number of amides is 1. The summed E-state index contributed by atoms with van der Waals surface area (Å²) in [5, 5.41) is 3.62. The number of nitrogens with one attached hydrogen (secondary N) is 1. The molecule has 5 rings (SSSR count). The number of carbonyl (C=O) groups excluding carboxylic acids is 2. The Morgan fingerprint density at radius 1 is 0.889 bits per heavy atom. The Bertz CT molecular complexity index is 1280. The van der Waals surface area contributed by atoms with Crippen molar-refractivity contribution in [3.63, 3.8) is 0 Å². The first-order valence-electron chi connectivity index (χ1n) is 13.1. The molecule has 0 saturated heterocycles. The maximum absolute atomic E-state index is 14.0. The monoisotopic (exact) mass is 478 g/mol. The van der Waals surface area contributed by atoms with Gasteiger partial charge in [-0.1, -0.05) is 92.1 Å². The Balaban J connectivity index is 1.66. The van der Waals surface area contributed by atoms with Crippen molar-refractivity contribution in [3.05, 3.63) is 107 Å². The topological polar surface area (TPSA) is 49.4 Å². The van der Waals surface area contributed by atoms with Gasteiger partial charge in [0.15, 0.2) is 5.78 Å². The van der Waals surface area contributed by atoms with Gasteiger partial charge in [0.1, 0.15) is 0 Å². The molecular formula is C32H34N2O2. The minimum absolute atomic E-state index is 0.0648. The van der Waals surface area contributed by atoms with Crippen molar-refractivity contribution in [3.8, 4) is 0 Å². The Labute approximate surface area is 214 Å². The lowest BCUT2D eigenvalue weighted by atomic mass is 9.78. The Kier molecular flexibility index (Phi) is 7.04. The molecule has 1 N–H and O–H groups in total. The molecule has 1 amide bonds. The van der Waals surface area contributed by atoms with Gasteiger partial charge in [-0.3, -0.25) is 14.5 Å². The van der Waals surface area contributed by atoms with E-state index in [1.807, 2.05) is 47.4 Å². The van der Waals surface area contributed by atoms with Gasteiger partial charge in [-0.15, -0.1) is 0 Å². The molecule has 1 heterocycles. The van der Waals surface area contributed by atoms with E-state index in [1.165, 1.54) is 5.56 Å². The van der Waals surface area contributed by atoms with Crippen molar-refractivity contribution < 1.29 is 9.59 Å². The summed E-state index contributed by atoms with van der Waals surface area (Å²) in [6, 6.07) is 26.1. The first-order chi connectivity index (χ1) is 17.6. The highest BCUT2D eigenvalue weighted by atomic mass is 16.2. The molecule has 3 aromatic carbocycles. The van der Waals surface area contributed by atoms with Gasteiger partial charge in [-0.25, -0.2) is 0 Å². The van der Waals surface area contributed by atoms with Crippen LogP contribution in [0.1, 0.15) is 74.1 Å². The van der Waals surface area contributed by atoms with Gasteiger partial charge in [0.05, 0.1) is 17.4 Å². The van der Waals surface area contributed by atoms with E-state index in [4.69, 9.17) is 0 Å². The zero-order valence-corrected chi connectivity index (χ0v) is 21.2. The van der Waals surface area contributed by atoms with Crippen molar-refractivity contribution in [2.24, 2.45) is 0 Å². The number of allylic oxidation sites excluding steroid dienone is 1. The molecule has 2 atom stereocenters. The van der Waals surface area contributed by atoms with Crippen LogP contribution in [-0.4, -0.2) is 11.7 Å². The number of carbonyl (C=O) groups is 2. The minimum atomic E-state index is -0.449. The van der Waals surface area contributed by atoms with E-state index >= 15 is 0 Å². The van der Waals surface area contributed by atoms with Crippen LogP contribution in [0, 0.1) is 6.92 Å². The summed E-state index contributed by atoms with van der Waals surface area (Å²) >= 11 is 0. The van der Waals surface area contributed by atoms with Crippen LogP contribution < -0.4 is 10.2 Å². The second kappa shape index (κ2) is 10.5. The van der Waals surface area contributed by atoms with Gasteiger partial charge in [0.25, 0.3) is 0 Å². The number of para-hydroxylation sites is 2. The van der Waals surface area contributed by atoms with E-state index in [2.05, 4.69) is 55.6 Å². The summed E-state index contributed by atoms with van der Waals surface area (Å²) < 4.78 is 0. The molecule has 0 bridgehead atoms. The Morgan fingerprint density at radius 2 is 1.61 bits per heavy atom. The summed E-state index contributed by atoms with van der Waals surface area (Å²) in [6.07, 6.45) is 4.56. The molecule has 184 valence electrons. The van der Waals surface area contributed by atoms with Crippen molar-refractivity contribution in [1.29, 1.82) is 0 Å². The first-order valence-corrected chi connectivity index (χ1v) is 13.1. The van der Waals surface area contributed by atoms with Crippen LogP contribution in [0.5, 0.6) is 0 Å². The number of anilines is 2. The number of hydrogen-bond acceptors (Lipinski definition) is 3. The van der Waals surface area contributed by atoms with E-state index in [1.54, 1.807) is 0 Å². The highest BCUT2D eigenvalue weighted by Gasteiger charge is 2.41. The fourth-order valence-electron chi connectivity index (χ4n) is 5.54. The van der Waals surface area contributed by atoms with Gasteiger partial charge < -0.3 is 5.32 Å². The minimum Gasteiger partial charge on any atom is -0.357 e. The predicted molar refractivity (Wildman–Crippen MR) is 146 cm³/mol. The fraction of sp³-hybridized carbons (Fsp3) is 0.312. The molecule has 1 aliphatic carbocycles. The summed E-state index contributed by atoms with van der Waals surface area (Å²) in [4.78, 5) is 29.7. The Morgan fingerprint density at radius 3 is 2.36 bits per heavy atom. The molecule has 3 aromatic rings. The van der Waals surface area contributed by atoms with Crippen LogP contribution >= 0.6 is 0 Å². The number of ketones is 1. The lowest BCUT2D eigenvalue weighted by Crippen LogP contribution is -2.38. The largest absolute Gasteiger partial charge is 0.357 e. The first kappa shape index (κ1) is 24.1. The molecule has 4 nitrogen and oxygen atoms in total. The average Bonchev–Trinajstić information content (AvgIpc) is 3.04. The summed E-state index contributed by atoms with van der Waals surface area (Å²) in [6.45, 7) is 4.20. The highest BCUT2D eigenvalue weighted by Crippen LogP contribution is 2.47. The molecule has 4 heteroatoms. The van der Waals surface area contributed by atoms with E-state index < -0.39 is 6.04 Å². The van der Waals surface area contributed by atoms with Crippen molar-refractivity contribution in [1.82, 2.24) is 0 Å². The lowest BCUT2D eigenvalue weighted by Gasteiger charge is -2.35. The van der Waals surface area contributed by atoms with Crippen LogP contribution in [0.4, 0.5) is 11.4 Å². The molecule has 1 aliphatic heterocycles. The van der Waals surface area contributed by atoms with Crippen molar-refractivity contribution in [2.75, 3.05) is 10.2 Å². The maximum Gasteiger partial charge on any atom is 0.227 e. The van der Waals surface area contributed by atoms with E-state index in [0.717, 1.165) is 59.5 Å². The van der Waals surface area contributed by atoms with E-state index in [0.29, 0.717) is 12.8 Å². The lowest BCUT2D eigenvalue weighted by molar-refractivity contribution is -0.119. The molecule has 0 aromatic heterocycles. The fourth-order valence-corrected chi connectivity index (χ4v) is 5.54. The van der Waals surface area contributed by atoms with Crippen LogP contribution in [0.25, 0.3) is 0 Å². The van der Waals surface area contributed by atoms with Gasteiger partial charge in [-0.2, -0.15) is 0 Å². The quantitative estimate of drug-likeness (QED) is 0.374. The van der Waals surface area contributed by atoms with Crippen molar-refractivity contribution in [2.45, 2.75) is 64.3 Å². The SMILES string of the molecule is CCCCCC(=O)N1c2ccccc2NC2=C(C(=O)C[C@H](c3ccccc3)C2)[C@H]1c1ccc(C)cc1. The molecule has 0 spiro atoms. The third kappa shape index (κ3) is 4.73.